The number of hydrogen-bond donors (Lipinski definition) is 0. The molecule has 0 N–H and O–H groups in total. The Morgan fingerprint density at radius 1 is 1.11 bits per heavy atom. The van der Waals surface area contributed by atoms with E-state index in [1.807, 2.05) is 24.3 Å². The SMILES string of the molecule is CCc1ccc(OCCCN2C(=O)CCC2=O)cc1. The Morgan fingerprint density at radius 2 is 1.74 bits per heavy atom. The van der Waals surface area contributed by atoms with Crippen molar-refractivity contribution in [3.63, 3.8) is 0 Å². The van der Waals surface area contributed by atoms with Gasteiger partial charge in [0.25, 0.3) is 0 Å². The molecule has 0 atom stereocenters. The van der Waals surface area contributed by atoms with Crippen LogP contribution in [0, 0.1) is 0 Å². The smallest absolute Gasteiger partial charge is 0.229 e. The summed E-state index contributed by atoms with van der Waals surface area (Å²) in [5, 5.41) is 0. The maximum absolute atomic E-state index is 11.4. The predicted octanol–water partition coefficient (Wildman–Crippen LogP) is 2.17. The number of carbonyl (C=O) groups is 2. The Balaban J connectivity index is 1.71. The first-order valence-corrected chi connectivity index (χ1v) is 6.75. The van der Waals surface area contributed by atoms with Gasteiger partial charge in [0.1, 0.15) is 5.75 Å². The second kappa shape index (κ2) is 6.36. The van der Waals surface area contributed by atoms with E-state index in [9.17, 15) is 9.59 Å². The fraction of sp³-hybridized carbons (Fsp3) is 0.467. The maximum Gasteiger partial charge on any atom is 0.229 e. The molecule has 0 aliphatic carbocycles. The van der Waals surface area contributed by atoms with Crippen LogP contribution in [0.2, 0.25) is 0 Å². The standard InChI is InChI=1S/C15H19NO3/c1-2-12-4-6-13(7-5-12)19-11-3-10-16-14(17)8-9-15(16)18/h4-7H,2-3,8-11H2,1H3. The van der Waals surface area contributed by atoms with E-state index in [1.165, 1.54) is 10.5 Å². The zero-order chi connectivity index (χ0) is 13.7. The average molecular weight is 261 g/mol. The maximum atomic E-state index is 11.4. The van der Waals surface area contributed by atoms with E-state index in [0.717, 1.165) is 12.2 Å². The van der Waals surface area contributed by atoms with Crippen LogP contribution < -0.4 is 4.74 Å². The largest absolute Gasteiger partial charge is 0.494 e. The molecule has 0 saturated carbocycles. The molecular weight excluding hydrogens is 242 g/mol. The lowest BCUT2D eigenvalue weighted by molar-refractivity contribution is -0.138. The van der Waals surface area contributed by atoms with Crippen molar-refractivity contribution in [2.45, 2.75) is 32.6 Å². The van der Waals surface area contributed by atoms with Gasteiger partial charge in [-0.1, -0.05) is 19.1 Å². The van der Waals surface area contributed by atoms with Gasteiger partial charge < -0.3 is 4.74 Å². The molecule has 0 unspecified atom stereocenters. The van der Waals surface area contributed by atoms with E-state index in [0.29, 0.717) is 32.4 Å². The summed E-state index contributed by atoms with van der Waals surface area (Å²) in [7, 11) is 0. The third-order valence-electron chi connectivity index (χ3n) is 3.28. The van der Waals surface area contributed by atoms with Gasteiger partial charge in [0.05, 0.1) is 6.61 Å². The van der Waals surface area contributed by atoms with Gasteiger partial charge in [-0.2, -0.15) is 0 Å². The minimum Gasteiger partial charge on any atom is -0.494 e. The molecule has 1 aromatic rings. The van der Waals surface area contributed by atoms with Crippen LogP contribution in [-0.2, 0) is 16.0 Å². The number of aryl methyl sites for hydroxylation is 1. The van der Waals surface area contributed by atoms with Crippen LogP contribution >= 0.6 is 0 Å². The highest BCUT2D eigenvalue weighted by atomic mass is 16.5. The molecule has 2 rings (SSSR count). The highest BCUT2D eigenvalue weighted by Crippen LogP contribution is 2.14. The average Bonchev–Trinajstić information content (AvgIpc) is 2.75. The molecule has 1 heterocycles. The summed E-state index contributed by atoms with van der Waals surface area (Å²) in [5.74, 6) is 0.714. The van der Waals surface area contributed by atoms with E-state index in [-0.39, 0.29) is 11.8 Å². The Labute approximate surface area is 113 Å². The molecule has 4 heteroatoms. The fourth-order valence-corrected chi connectivity index (χ4v) is 2.11. The zero-order valence-electron chi connectivity index (χ0n) is 11.2. The van der Waals surface area contributed by atoms with Crippen molar-refractivity contribution in [2.75, 3.05) is 13.2 Å². The van der Waals surface area contributed by atoms with Crippen molar-refractivity contribution in [3.8, 4) is 5.75 Å². The monoisotopic (exact) mass is 261 g/mol. The van der Waals surface area contributed by atoms with Gasteiger partial charge in [-0.05, 0) is 30.5 Å². The molecule has 0 spiro atoms. The Hall–Kier alpha value is -1.84. The first kappa shape index (κ1) is 13.6. The highest BCUT2D eigenvalue weighted by Gasteiger charge is 2.27. The van der Waals surface area contributed by atoms with Crippen LogP contribution in [0.4, 0.5) is 0 Å². The third kappa shape index (κ3) is 3.56. The van der Waals surface area contributed by atoms with Crippen LogP contribution in [-0.4, -0.2) is 29.9 Å². The molecule has 1 fully saturated rings. The van der Waals surface area contributed by atoms with E-state index in [2.05, 4.69) is 6.92 Å². The van der Waals surface area contributed by atoms with Gasteiger partial charge in [-0.25, -0.2) is 0 Å². The lowest BCUT2D eigenvalue weighted by Gasteiger charge is -2.13. The van der Waals surface area contributed by atoms with Crippen molar-refractivity contribution in [2.24, 2.45) is 0 Å². The normalized spacial score (nSPS) is 15.1. The molecule has 1 aliphatic rings. The number of imide groups is 1. The number of likely N-dealkylation sites (tertiary alicyclic amines) is 1. The number of carbonyl (C=O) groups excluding carboxylic acids is 2. The van der Waals surface area contributed by atoms with Gasteiger partial charge in [0.2, 0.25) is 11.8 Å². The van der Waals surface area contributed by atoms with Gasteiger partial charge in [0, 0.05) is 19.4 Å². The lowest BCUT2D eigenvalue weighted by Crippen LogP contribution is -2.30. The van der Waals surface area contributed by atoms with Crippen LogP contribution in [0.15, 0.2) is 24.3 Å². The van der Waals surface area contributed by atoms with E-state index < -0.39 is 0 Å². The molecule has 1 aromatic carbocycles. The summed E-state index contributed by atoms with van der Waals surface area (Å²) in [6.07, 6.45) is 2.41. The summed E-state index contributed by atoms with van der Waals surface area (Å²) in [6, 6.07) is 7.99. The predicted molar refractivity (Wildman–Crippen MR) is 71.9 cm³/mol. The molecule has 0 aromatic heterocycles. The molecule has 0 bridgehead atoms. The fourth-order valence-electron chi connectivity index (χ4n) is 2.11. The van der Waals surface area contributed by atoms with E-state index in [1.54, 1.807) is 0 Å². The van der Waals surface area contributed by atoms with Crippen molar-refractivity contribution in [1.82, 2.24) is 4.90 Å². The molecule has 2 amide bonds. The van der Waals surface area contributed by atoms with Crippen LogP contribution in [0.5, 0.6) is 5.75 Å². The number of ether oxygens (including phenoxy) is 1. The first-order valence-electron chi connectivity index (χ1n) is 6.75. The van der Waals surface area contributed by atoms with Crippen molar-refractivity contribution >= 4 is 11.8 Å². The van der Waals surface area contributed by atoms with Gasteiger partial charge in [0.15, 0.2) is 0 Å². The van der Waals surface area contributed by atoms with Gasteiger partial charge >= 0.3 is 0 Å². The minimum absolute atomic E-state index is 0.0581. The second-order valence-corrected chi connectivity index (χ2v) is 4.64. The van der Waals surface area contributed by atoms with Crippen LogP contribution in [0.3, 0.4) is 0 Å². The number of benzene rings is 1. The summed E-state index contributed by atoms with van der Waals surface area (Å²) in [5.41, 5.74) is 1.28. The summed E-state index contributed by atoms with van der Waals surface area (Å²) >= 11 is 0. The quantitative estimate of drug-likeness (QED) is 0.582. The highest BCUT2D eigenvalue weighted by molar-refractivity contribution is 6.01. The van der Waals surface area contributed by atoms with E-state index in [4.69, 9.17) is 4.74 Å². The molecule has 4 nitrogen and oxygen atoms in total. The van der Waals surface area contributed by atoms with Gasteiger partial charge in [-0.3, -0.25) is 14.5 Å². The molecule has 0 radical (unpaired) electrons. The van der Waals surface area contributed by atoms with Crippen LogP contribution in [0.1, 0.15) is 31.7 Å². The Kier molecular flexibility index (Phi) is 4.55. The molecule has 19 heavy (non-hydrogen) atoms. The second-order valence-electron chi connectivity index (χ2n) is 4.64. The number of amides is 2. The van der Waals surface area contributed by atoms with Crippen molar-refractivity contribution in [1.29, 1.82) is 0 Å². The van der Waals surface area contributed by atoms with Gasteiger partial charge in [-0.15, -0.1) is 0 Å². The molecule has 102 valence electrons. The van der Waals surface area contributed by atoms with Crippen LogP contribution in [0.25, 0.3) is 0 Å². The molecule has 1 saturated heterocycles. The van der Waals surface area contributed by atoms with E-state index >= 15 is 0 Å². The Bertz CT molecular complexity index is 437. The molecule has 1 aliphatic heterocycles. The summed E-state index contributed by atoms with van der Waals surface area (Å²) in [6.45, 7) is 3.09. The van der Waals surface area contributed by atoms with Crippen molar-refractivity contribution in [3.05, 3.63) is 29.8 Å². The number of rotatable bonds is 6. The zero-order valence-corrected chi connectivity index (χ0v) is 11.2. The Morgan fingerprint density at radius 3 is 2.32 bits per heavy atom. The number of hydrogen-bond acceptors (Lipinski definition) is 3. The summed E-state index contributed by atoms with van der Waals surface area (Å²) < 4.78 is 5.59. The lowest BCUT2D eigenvalue weighted by atomic mass is 10.2. The number of nitrogens with zero attached hydrogens (tertiary/aromatic N) is 1. The van der Waals surface area contributed by atoms with Crippen molar-refractivity contribution < 1.29 is 14.3 Å². The third-order valence-corrected chi connectivity index (χ3v) is 3.28. The summed E-state index contributed by atoms with van der Waals surface area (Å²) in [4.78, 5) is 24.1. The first-order chi connectivity index (χ1) is 9.20. The topological polar surface area (TPSA) is 46.6 Å². The minimum atomic E-state index is -0.0581. The molecular formula is C15H19NO3.